The first-order valence-corrected chi connectivity index (χ1v) is 8.18. The van der Waals surface area contributed by atoms with Crippen molar-refractivity contribution in [3.8, 4) is 0 Å². The van der Waals surface area contributed by atoms with E-state index in [9.17, 15) is 4.79 Å². The Morgan fingerprint density at radius 3 is 2.57 bits per heavy atom. The minimum Gasteiger partial charge on any atom is -0.377 e. The van der Waals surface area contributed by atoms with Gasteiger partial charge in [0.25, 0.3) is 5.91 Å². The number of allylic oxidation sites excluding steroid dienone is 1. The van der Waals surface area contributed by atoms with Crippen LogP contribution in [0.1, 0.15) is 18.4 Å². The van der Waals surface area contributed by atoms with Crippen molar-refractivity contribution >= 4 is 34.5 Å². The molecule has 4 rings (SSSR count). The molecule has 0 N–H and O–H groups in total. The fraction of sp³-hybridized carbons (Fsp3) is 0.211. The number of para-hydroxylation sites is 1. The van der Waals surface area contributed by atoms with Crippen molar-refractivity contribution in [3.63, 3.8) is 0 Å². The number of carbonyl (C=O) groups is 1. The van der Waals surface area contributed by atoms with E-state index in [1.54, 1.807) is 4.90 Å². The first-order valence-electron chi connectivity index (χ1n) is 7.80. The van der Waals surface area contributed by atoms with E-state index in [-0.39, 0.29) is 5.91 Å². The number of anilines is 2. The highest BCUT2D eigenvalue weighted by Gasteiger charge is 2.37. The van der Waals surface area contributed by atoms with Gasteiger partial charge in [0.1, 0.15) is 0 Å². The number of rotatable bonds is 1. The molecular formula is C19H17ClN2O. The fourth-order valence-electron chi connectivity index (χ4n) is 3.48. The number of amides is 1. The first kappa shape index (κ1) is 14.3. The minimum atomic E-state index is 0.0391. The Kier molecular flexibility index (Phi) is 3.38. The maximum atomic E-state index is 13.2. The van der Waals surface area contributed by atoms with E-state index in [1.807, 2.05) is 48.5 Å². The summed E-state index contributed by atoms with van der Waals surface area (Å²) in [7, 11) is 2.06. The lowest BCUT2D eigenvalue weighted by Gasteiger charge is -2.18. The number of halogens is 1. The van der Waals surface area contributed by atoms with Crippen LogP contribution in [0.15, 0.2) is 54.2 Å². The van der Waals surface area contributed by atoms with Crippen LogP contribution in [0.3, 0.4) is 0 Å². The molecule has 2 aromatic carbocycles. The summed E-state index contributed by atoms with van der Waals surface area (Å²) in [5.74, 6) is 0.0391. The number of benzene rings is 2. The Balaban J connectivity index is 1.95. The quantitative estimate of drug-likeness (QED) is 0.723. The SMILES string of the molecule is CN1CCC/C1=C1/C(=O)N(c2ccccc2)c2cc(Cl)ccc21. The average molecular weight is 325 g/mol. The van der Waals surface area contributed by atoms with Gasteiger partial charge in [-0.05, 0) is 37.1 Å². The topological polar surface area (TPSA) is 23.6 Å². The molecule has 0 aromatic heterocycles. The first-order chi connectivity index (χ1) is 11.2. The lowest BCUT2D eigenvalue weighted by Crippen LogP contribution is -2.22. The van der Waals surface area contributed by atoms with E-state index >= 15 is 0 Å². The molecule has 0 bridgehead atoms. The molecule has 0 radical (unpaired) electrons. The van der Waals surface area contributed by atoms with E-state index in [0.717, 1.165) is 47.6 Å². The molecule has 2 aliphatic heterocycles. The van der Waals surface area contributed by atoms with Crippen LogP contribution in [0.4, 0.5) is 11.4 Å². The van der Waals surface area contributed by atoms with Crippen LogP contribution < -0.4 is 4.90 Å². The van der Waals surface area contributed by atoms with Crippen LogP contribution in [-0.2, 0) is 4.79 Å². The molecule has 2 aromatic rings. The number of hydrogen-bond donors (Lipinski definition) is 0. The van der Waals surface area contributed by atoms with Crippen molar-refractivity contribution in [1.82, 2.24) is 4.90 Å². The predicted octanol–water partition coefficient (Wildman–Crippen LogP) is 4.46. The maximum absolute atomic E-state index is 13.2. The second-order valence-corrected chi connectivity index (χ2v) is 6.42. The highest BCUT2D eigenvalue weighted by molar-refractivity contribution is 6.37. The molecular weight excluding hydrogens is 308 g/mol. The predicted molar refractivity (Wildman–Crippen MR) is 93.8 cm³/mol. The van der Waals surface area contributed by atoms with Crippen LogP contribution in [0, 0.1) is 0 Å². The van der Waals surface area contributed by atoms with E-state index in [1.165, 1.54) is 0 Å². The van der Waals surface area contributed by atoms with Gasteiger partial charge in [-0.25, -0.2) is 0 Å². The molecule has 0 unspecified atom stereocenters. The van der Waals surface area contributed by atoms with Gasteiger partial charge < -0.3 is 4.90 Å². The van der Waals surface area contributed by atoms with Crippen LogP contribution in [0.25, 0.3) is 5.57 Å². The summed E-state index contributed by atoms with van der Waals surface area (Å²) in [5.41, 5.74) is 4.68. The zero-order chi connectivity index (χ0) is 16.0. The standard InChI is InChI=1S/C19H17ClN2O/c1-21-11-5-8-16(21)18-15-10-9-13(20)12-17(15)22(19(18)23)14-6-3-2-4-7-14/h2-4,6-7,9-10,12H,5,8,11H2,1H3/b18-16-. The summed E-state index contributed by atoms with van der Waals surface area (Å²) in [6.07, 6.45) is 2.04. The molecule has 0 spiro atoms. The second kappa shape index (κ2) is 5.43. The highest BCUT2D eigenvalue weighted by Crippen LogP contribution is 2.45. The molecule has 1 saturated heterocycles. The number of hydrogen-bond acceptors (Lipinski definition) is 2. The molecule has 116 valence electrons. The Morgan fingerprint density at radius 2 is 1.87 bits per heavy atom. The van der Waals surface area contributed by atoms with Crippen molar-refractivity contribution in [2.75, 3.05) is 18.5 Å². The third-order valence-corrected chi connectivity index (χ3v) is 4.79. The zero-order valence-electron chi connectivity index (χ0n) is 12.9. The van der Waals surface area contributed by atoms with Crippen LogP contribution >= 0.6 is 11.6 Å². The number of likely N-dealkylation sites (tertiary alicyclic amines) is 1. The largest absolute Gasteiger partial charge is 0.377 e. The van der Waals surface area contributed by atoms with Gasteiger partial charge in [-0.1, -0.05) is 35.9 Å². The third kappa shape index (κ3) is 2.23. The van der Waals surface area contributed by atoms with Gasteiger partial charge in [0.2, 0.25) is 0 Å². The fourth-order valence-corrected chi connectivity index (χ4v) is 3.64. The van der Waals surface area contributed by atoms with Crippen molar-refractivity contribution in [1.29, 1.82) is 0 Å². The monoisotopic (exact) mass is 324 g/mol. The molecule has 4 heteroatoms. The van der Waals surface area contributed by atoms with Gasteiger partial charge in [0.05, 0.1) is 11.3 Å². The second-order valence-electron chi connectivity index (χ2n) is 5.98. The molecule has 23 heavy (non-hydrogen) atoms. The Bertz CT molecular complexity index is 813. The van der Waals surface area contributed by atoms with E-state index in [4.69, 9.17) is 11.6 Å². The summed E-state index contributed by atoms with van der Waals surface area (Å²) in [6, 6.07) is 15.4. The third-order valence-electron chi connectivity index (χ3n) is 4.56. The Labute approximate surface area is 140 Å². The maximum Gasteiger partial charge on any atom is 0.265 e. The van der Waals surface area contributed by atoms with Gasteiger partial charge >= 0.3 is 0 Å². The van der Waals surface area contributed by atoms with Gasteiger partial charge in [-0.2, -0.15) is 0 Å². The van der Waals surface area contributed by atoms with Crippen molar-refractivity contribution in [2.24, 2.45) is 0 Å². The highest BCUT2D eigenvalue weighted by atomic mass is 35.5. The van der Waals surface area contributed by atoms with E-state index in [2.05, 4.69) is 11.9 Å². The number of carbonyl (C=O) groups excluding carboxylic acids is 1. The summed E-state index contributed by atoms with van der Waals surface area (Å²) in [5, 5.41) is 0.642. The summed E-state index contributed by atoms with van der Waals surface area (Å²) >= 11 is 6.20. The smallest absolute Gasteiger partial charge is 0.265 e. The summed E-state index contributed by atoms with van der Waals surface area (Å²) in [4.78, 5) is 17.2. The normalized spacial score (nSPS) is 20.3. The van der Waals surface area contributed by atoms with Gasteiger partial charge in [-0.15, -0.1) is 0 Å². The van der Waals surface area contributed by atoms with Gasteiger partial charge in [-0.3, -0.25) is 9.69 Å². The zero-order valence-corrected chi connectivity index (χ0v) is 13.7. The average Bonchev–Trinajstić information content (AvgIpc) is 3.08. The Hall–Kier alpha value is -2.26. The molecule has 1 fully saturated rings. The van der Waals surface area contributed by atoms with Crippen molar-refractivity contribution in [3.05, 3.63) is 64.8 Å². The minimum absolute atomic E-state index is 0.0391. The summed E-state index contributed by atoms with van der Waals surface area (Å²) < 4.78 is 0. The number of fused-ring (bicyclic) bond motifs is 1. The molecule has 2 aliphatic rings. The molecule has 0 aliphatic carbocycles. The number of nitrogens with zero attached hydrogens (tertiary/aromatic N) is 2. The van der Waals surface area contributed by atoms with Gasteiger partial charge in [0, 0.05) is 35.6 Å². The summed E-state index contributed by atoms with van der Waals surface area (Å²) in [6.45, 7) is 1.00. The van der Waals surface area contributed by atoms with Crippen LogP contribution in [-0.4, -0.2) is 24.4 Å². The Morgan fingerprint density at radius 1 is 1.09 bits per heavy atom. The van der Waals surface area contributed by atoms with Crippen molar-refractivity contribution < 1.29 is 4.79 Å². The van der Waals surface area contributed by atoms with Gasteiger partial charge in [0.15, 0.2) is 0 Å². The van der Waals surface area contributed by atoms with Crippen LogP contribution in [0.5, 0.6) is 0 Å². The lowest BCUT2D eigenvalue weighted by molar-refractivity contribution is -0.112. The molecule has 0 atom stereocenters. The van der Waals surface area contributed by atoms with Crippen molar-refractivity contribution in [2.45, 2.75) is 12.8 Å². The lowest BCUT2D eigenvalue weighted by atomic mass is 10.0. The molecule has 0 saturated carbocycles. The van der Waals surface area contributed by atoms with E-state index < -0.39 is 0 Å². The molecule has 3 nitrogen and oxygen atoms in total. The molecule has 1 amide bonds. The van der Waals surface area contributed by atoms with Crippen LogP contribution in [0.2, 0.25) is 5.02 Å². The molecule has 2 heterocycles. The van der Waals surface area contributed by atoms with E-state index in [0.29, 0.717) is 5.02 Å².